The summed E-state index contributed by atoms with van der Waals surface area (Å²) < 4.78 is 13.1. The number of nitrogens with zero attached hydrogens (tertiary/aromatic N) is 3. The first-order valence-electron chi connectivity index (χ1n) is 7.90. The fourth-order valence-corrected chi connectivity index (χ4v) is 4.70. The van der Waals surface area contributed by atoms with Crippen molar-refractivity contribution in [2.24, 2.45) is 0 Å². The maximum absolute atomic E-state index is 13.0. The van der Waals surface area contributed by atoms with E-state index in [2.05, 4.69) is 9.97 Å². The van der Waals surface area contributed by atoms with E-state index in [1.54, 1.807) is 47.1 Å². The van der Waals surface area contributed by atoms with Gasteiger partial charge in [0.15, 0.2) is 23.0 Å². The third-order valence-corrected chi connectivity index (χ3v) is 6.10. The second kappa shape index (κ2) is 6.47. The first-order valence-corrected chi connectivity index (χ1v) is 9.59. The average molecular weight is 457 g/mol. The molecule has 1 aliphatic carbocycles. The van der Waals surface area contributed by atoms with Crippen LogP contribution in [0.25, 0.3) is 20.4 Å². The normalized spacial score (nSPS) is 15.9. The Hall–Kier alpha value is -1.42. The Balaban J connectivity index is 1.95. The Kier molecular flexibility index (Phi) is 4.33. The first-order chi connectivity index (χ1) is 11.7. The number of ether oxygens (including phenoxy) is 1. The third-order valence-electron chi connectivity index (χ3n) is 4.58. The van der Waals surface area contributed by atoms with Gasteiger partial charge in [0.1, 0.15) is 20.8 Å². The highest BCUT2D eigenvalue weighted by atomic mass is 127. The van der Waals surface area contributed by atoms with Gasteiger partial charge < -0.3 is 7.80 Å². The molecule has 0 N–H and O–H groups in total. The quantitative estimate of drug-likeness (QED) is 0.551. The lowest BCUT2D eigenvalue weighted by molar-refractivity contribution is 0.345. The van der Waals surface area contributed by atoms with Crippen LogP contribution < -0.4 is 13.4 Å². The number of thiophene rings is 1. The molecule has 0 unspecified atom stereocenters. The number of rotatable bonds is 3. The second-order valence-electron chi connectivity index (χ2n) is 5.95. The van der Waals surface area contributed by atoms with Crippen LogP contribution in [-0.2, 0) is 0 Å². The Bertz CT molecular complexity index is 962. The molecule has 0 spiro atoms. The molecular formula is C16H16IN3O3S. The molecule has 0 aliphatic heterocycles. The Morgan fingerprint density at radius 2 is 2.12 bits per heavy atom. The van der Waals surface area contributed by atoms with Gasteiger partial charge in [-0.25, -0.2) is 9.97 Å². The summed E-state index contributed by atoms with van der Waals surface area (Å²) in [6.45, 7) is 0. The van der Waals surface area contributed by atoms with Gasteiger partial charge >= 0.3 is 0 Å². The summed E-state index contributed by atoms with van der Waals surface area (Å²) >= 11 is 3.14. The van der Waals surface area contributed by atoms with E-state index in [-0.39, 0.29) is 11.6 Å². The maximum atomic E-state index is 13.0. The van der Waals surface area contributed by atoms with Crippen molar-refractivity contribution in [2.75, 3.05) is 7.11 Å². The molecule has 3 aromatic rings. The molecule has 6 nitrogen and oxygen atoms in total. The highest BCUT2D eigenvalue weighted by molar-refractivity contribution is 14.1. The van der Waals surface area contributed by atoms with E-state index >= 15 is 0 Å². The summed E-state index contributed by atoms with van der Waals surface area (Å²) in [6.07, 6.45) is 7.39. The van der Waals surface area contributed by atoms with Crippen LogP contribution in [0.3, 0.4) is 0 Å². The minimum absolute atomic E-state index is 0.0221. The van der Waals surface area contributed by atoms with Crippen molar-refractivity contribution in [3.05, 3.63) is 22.7 Å². The molecule has 0 saturated heterocycles. The first kappa shape index (κ1) is 16.1. The summed E-state index contributed by atoms with van der Waals surface area (Å²) in [5, 5.41) is 0.780. The van der Waals surface area contributed by atoms with Gasteiger partial charge in [0.25, 0.3) is 5.56 Å². The zero-order valence-corrected chi connectivity index (χ0v) is 16.1. The SMILES string of the molecule is COc1cc(OI)nc2sc3c(=O)n(C4CCCCC4)cnc3c12. The molecule has 3 heterocycles. The van der Waals surface area contributed by atoms with E-state index in [9.17, 15) is 4.79 Å². The minimum Gasteiger partial charge on any atom is -0.496 e. The number of fused-ring (bicyclic) bond motifs is 3. The Morgan fingerprint density at radius 3 is 2.83 bits per heavy atom. The standard InChI is InChI=1S/C16H16IN3O3S/c1-22-10-7-11(23-17)19-15-12(10)13-14(24-15)16(21)20(8-18-13)9-5-3-2-4-6-9/h7-9H,2-6H2,1H3. The van der Waals surface area contributed by atoms with Crippen LogP contribution in [0.15, 0.2) is 17.2 Å². The van der Waals surface area contributed by atoms with Crippen molar-refractivity contribution < 1.29 is 7.80 Å². The number of hydrogen-bond acceptors (Lipinski definition) is 6. The molecule has 1 saturated carbocycles. The second-order valence-corrected chi connectivity index (χ2v) is 7.39. The predicted octanol–water partition coefficient (Wildman–Crippen LogP) is 4.25. The van der Waals surface area contributed by atoms with Crippen molar-refractivity contribution in [1.29, 1.82) is 0 Å². The van der Waals surface area contributed by atoms with Gasteiger partial charge in [-0.15, -0.1) is 11.3 Å². The van der Waals surface area contributed by atoms with E-state index < -0.39 is 0 Å². The number of halogens is 1. The van der Waals surface area contributed by atoms with Gasteiger partial charge in [-0.05, 0) is 12.8 Å². The molecule has 0 atom stereocenters. The van der Waals surface area contributed by atoms with Crippen LogP contribution >= 0.6 is 34.3 Å². The maximum Gasteiger partial charge on any atom is 0.271 e. The topological polar surface area (TPSA) is 66.2 Å². The fourth-order valence-electron chi connectivity index (χ4n) is 3.41. The molecule has 126 valence electrons. The summed E-state index contributed by atoms with van der Waals surface area (Å²) in [4.78, 5) is 22.7. The molecule has 24 heavy (non-hydrogen) atoms. The Morgan fingerprint density at radius 1 is 1.33 bits per heavy atom. The average Bonchev–Trinajstić information content (AvgIpc) is 3.01. The molecular weight excluding hydrogens is 441 g/mol. The summed E-state index contributed by atoms with van der Waals surface area (Å²) in [6, 6.07) is 1.98. The van der Waals surface area contributed by atoms with Gasteiger partial charge in [0.05, 0.1) is 18.8 Å². The fraction of sp³-hybridized carbons (Fsp3) is 0.438. The minimum atomic E-state index is 0.0221. The highest BCUT2D eigenvalue weighted by Crippen LogP contribution is 2.38. The van der Waals surface area contributed by atoms with Crippen molar-refractivity contribution in [3.8, 4) is 11.6 Å². The zero-order chi connectivity index (χ0) is 16.7. The van der Waals surface area contributed by atoms with Crippen LogP contribution in [0, 0.1) is 0 Å². The van der Waals surface area contributed by atoms with E-state index in [1.165, 1.54) is 30.6 Å². The lowest BCUT2D eigenvalue weighted by Gasteiger charge is -2.23. The summed E-state index contributed by atoms with van der Waals surface area (Å²) in [5.41, 5.74) is 0.685. The lowest BCUT2D eigenvalue weighted by Crippen LogP contribution is -2.26. The highest BCUT2D eigenvalue weighted by Gasteiger charge is 2.21. The summed E-state index contributed by atoms with van der Waals surface area (Å²) in [7, 11) is 1.60. The van der Waals surface area contributed by atoms with E-state index in [0.29, 0.717) is 26.7 Å². The molecule has 3 aromatic heterocycles. The van der Waals surface area contributed by atoms with E-state index in [4.69, 9.17) is 7.80 Å². The van der Waals surface area contributed by atoms with Crippen LogP contribution in [0.2, 0.25) is 0 Å². The van der Waals surface area contributed by atoms with Crippen LogP contribution in [0.1, 0.15) is 38.1 Å². The van der Waals surface area contributed by atoms with Crippen molar-refractivity contribution in [1.82, 2.24) is 14.5 Å². The number of aromatic nitrogens is 3. The number of hydrogen-bond donors (Lipinski definition) is 0. The smallest absolute Gasteiger partial charge is 0.271 e. The molecule has 8 heteroatoms. The lowest BCUT2D eigenvalue weighted by atomic mass is 9.95. The zero-order valence-electron chi connectivity index (χ0n) is 13.1. The molecule has 1 aliphatic rings. The van der Waals surface area contributed by atoms with Crippen molar-refractivity contribution in [3.63, 3.8) is 0 Å². The summed E-state index contributed by atoms with van der Waals surface area (Å²) in [5.74, 6) is 1.08. The Labute approximate surface area is 156 Å². The van der Waals surface area contributed by atoms with Gasteiger partial charge in [-0.2, -0.15) is 0 Å². The predicted molar refractivity (Wildman–Crippen MR) is 103 cm³/mol. The van der Waals surface area contributed by atoms with Gasteiger partial charge in [0.2, 0.25) is 5.88 Å². The van der Waals surface area contributed by atoms with Gasteiger partial charge in [-0.1, -0.05) is 19.3 Å². The monoisotopic (exact) mass is 457 g/mol. The molecule has 4 rings (SSSR count). The molecule has 1 fully saturated rings. The van der Waals surface area contributed by atoms with Crippen molar-refractivity contribution in [2.45, 2.75) is 38.1 Å². The number of pyridine rings is 1. The van der Waals surface area contributed by atoms with Crippen molar-refractivity contribution >= 4 is 54.8 Å². The number of methoxy groups -OCH3 is 1. The van der Waals surface area contributed by atoms with Crippen LogP contribution in [0.5, 0.6) is 11.6 Å². The largest absolute Gasteiger partial charge is 0.496 e. The van der Waals surface area contributed by atoms with E-state index in [0.717, 1.165) is 18.2 Å². The molecule has 0 radical (unpaired) electrons. The third kappa shape index (κ3) is 2.55. The molecule has 0 amide bonds. The van der Waals surface area contributed by atoms with Gasteiger partial charge in [0, 0.05) is 12.1 Å². The van der Waals surface area contributed by atoms with Crippen LogP contribution in [-0.4, -0.2) is 21.6 Å². The van der Waals surface area contributed by atoms with E-state index in [1.807, 2.05) is 0 Å². The molecule has 0 aromatic carbocycles. The van der Waals surface area contributed by atoms with Crippen LogP contribution in [0.4, 0.5) is 0 Å². The molecule has 0 bridgehead atoms. The van der Waals surface area contributed by atoms with Gasteiger partial charge in [-0.3, -0.25) is 9.36 Å².